The van der Waals surface area contributed by atoms with Crippen molar-refractivity contribution in [1.29, 1.82) is 0 Å². The predicted molar refractivity (Wildman–Crippen MR) is 89.3 cm³/mol. The SMILES string of the molecule is C[C@H](N=C1NC(=O)C(C)(C2=CC=NCC2)S1)c1ccnn1C. The van der Waals surface area contributed by atoms with Crippen molar-refractivity contribution in [3.8, 4) is 0 Å². The molecule has 0 spiro atoms. The van der Waals surface area contributed by atoms with Gasteiger partial charge in [-0.3, -0.25) is 19.5 Å². The van der Waals surface area contributed by atoms with Crippen molar-refractivity contribution in [1.82, 2.24) is 15.1 Å². The summed E-state index contributed by atoms with van der Waals surface area (Å²) < 4.78 is 1.22. The maximum absolute atomic E-state index is 12.4. The largest absolute Gasteiger partial charge is 0.304 e. The molecule has 0 aliphatic carbocycles. The van der Waals surface area contributed by atoms with Crippen LogP contribution in [-0.2, 0) is 11.8 Å². The second kappa shape index (κ2) is 5.72. The number of hydrogen-bond acceptors (Lipinski definition) is 5. The quantitative estimate of drug-likeness (QED) is 0.925. The van der Waals surface area contributed by atoms with Crippen molar-refractivity contribution in [2.24, 2.45) is 17.0 Å². The monoisotopic (exact) mass is 317 g/mol. The van der Waals surface area contributed by atoms with Crippen LogP contribution in [0.1, 0.15) is 32.0 Å². The normalized spacial score (nSPS) is 27.9. The molecule has 0 aromatic carbocycles. The van der Waals surface area contributed by atoms with E-state index in [0.717, 1.165) is 24.2 Å². The Hall–Kier alpha value is -1.89. The second-order valence-electron chi connectivity index (χ2n) is 5.58. The van der Waals surface area contributed by atoms with Crippen LogP contribution >= 0.6 is 11.8 Å². The summed E-state index contributed by atoms with van der Waals surface area (Å²) in [6, 6.07) is 1.88. The van der Waals surface area contributed by atoms with E-state index in [1.54, 1.807) is 17.1 Å². The van der Waals surface area contributed by atoms with Gasteiger partial charge in [-0.1, -0.05) is 11.8 Å². The van der Waals surface area contributed by atoms with Crippen LogP contribution in [0.5, 0.6) is 0 Å². The molecule has 1 aromatic rings. The highest BCUT2D eigenvalue weighted by Gasteiger charge is 2.45. The summed E-state index contributed by atoms with van der Waals surface area (Å²) in [6.07, 6.45) is 6.30. The van der Waals surface area contributed by atoms with Gasteiger partial charge < -0.3 is 5.32 Å². The van der Waals surface area contributed by atoms with Crippen LogP contribution in [0.3, 0.4) is 0 Å². The maximum atomic E-state index is 12.4. The molecule has 1 amide bonds. The number of allylic oxidation sites excluding steroid dienone is 1. The first kappa shape index (κ1) is 15.0. The third-order valence-electron chi connectivity index (χ3n) is 4.06. The number of aryl methyl sites for hydroxylation is 1. The van der Waals surface area contributed by atoms with E-state index in [4.69, 9.17) is 0 Å². The van der Waals surface area contributed by atoms with Gasteiger partial charge in [-0.2, -0.15) is 5.10 Å². The third kappa shape index (κ3) is 2.61. The van der Waals surface area contributed by atoms with E-state index in [1.807, 2.05) is 33.0 Å². The molecular formula is C15H19N5OS. The van der Waals surface area contributed by atoms with Crippen molar-refractivity contribution in [2.45, 2.75) is 31.1 Å². The number of hydrogen-bond donors (Lipinski definition) is 1. The maximum Gasteiger partial charge on any atom is 0.246 e. The summed E-state index contributed by atoms with van der Waals surface area (Å²) in [4.78, 5) is 21.3. The molecule has 7 heteroatoms. The lowest BCUT2D eigenvalue weighted by Gasteiger charge is -2.23. The van der Waals surface area contributed by atoms with Crippen LogP contribution in [0.4, 0.5) is 0 Å². The summed E-state index contributed by atoms with van der Waals surface area (Å²) >= 11 is 1.49. The molecule has 3 rings (SSSR count). The lowest BCUT2D eigenvalue weighted by molar-refractivity contribution is -0.120. The lowest BCUT2D eigenvalue weighted by Crippen LogP contribution is -2.36. The molecule has 116 valence electrons. The van der Waals surface area contributed by atoms with E-state index in [2.05, 4.69) is 20.4 Å². The fraction of sp³-hybridized carbons (Fsp3) is 0.467. The van der Waals surface area contributed by atoms with E-state index < -0.39 is 4.75 Å². The number of carbonyl (C=O) groups is 1. The minimum atomic E-state index is -0.586. The van der Waals surface area contributed by atoms with E-state index in [1.165, 1.54) is 11.8 Å². The first-order valence-electron chi connectivity index (χ1n) is 7.26. The fourth-order valence-electron chi connectivity index (χ4n) is 2.67. The van der Waals surface area contributed by atoms with Gasteiger partial charge in [0.2, 0.25) is 5.91 Å². The van der Waals surface area contributed by atoms with Crippen LogP contribution in [-0.4, -0.2) is 38.4 Å². The fourth-order valence-corrected chi connectivity index (χ4v) is 3.86. The highest BCUT2D eigenvalue weighted by Crippen LogP contribution is 2.40. The van der Waals surface area contributed by atoms with Gasteiger partial charge in [-0.15, -0.1) is 0 Å². The zero-order valence-electron chi connectivity index (χ0n) is 12.9. The summed E-state index contributed by atoms with van der Waals surface area (Å²) in [5.41, 5.74) is 2.11. The van der Waals surface area contributed by atoms with Crippen LogP contribution in [0.15, 0.2) is 33.9 Å². The molecule has 0 bridgehead atoms. The minimum Gasteiger partial charge on any atom is -0.304 e. The van der Waals surface area contributed by atoms with Gasteiger partial charge in [-0.05, 0) is 38.0 Å². The summed E-state index contributed by atoms with van der Waals surface area (Å²) in [6.45, 7) is 4.70. The number of carbonyl (C=O) groups excluding carboxylic acids is 1. The Morgan fingerprint density at radius 1 is 1.55 bits per heavy atom. The van der Waals surface area contributed by atoms with Crippen LogP contribution in [0.2, 0.25) is 0 Å². The molecule has 22 heavy (non-hydrogen) atoms. The van der Waals surface area contributed by atoms with Crippen molar-refractivity contribution < 1.29 is 4.79 Å². The molecule has 0 radical (unpaired) electrons. The molecule has 2 atom stereocenters. The molecule has 0 saturated carbocycles. The molecule has 1 saturated heterocycles. The van der Waals surface area contributed by atoms with Gasteiger partial charge in [0.05, 0.1) is 11.7 Å². The number of aromatic nitrogens is 2. The molecule has 1 unspecified atom stereocenters. The average molecular weight is 317 g/mol. The number of rotatable bonds is 3. The highest BCUT2D eigenvalue weighted by atomic mass is 32.2. The number of dihydropyridines is 1. The molecule has 1 fully saturated rings. The topological polar surface area (TPSA) is 71.6 Å². The van der Waals surface area contributed by atoms with Crippen molar-refractivity contribution in [3.05, 3.63) is 29.6 Å². The molecule has 2 aliphatic heterocycles. The average Bonchev–Trinajstić information content (AvgIpc) is 3.05. The zero-order valence-corrected chi connectivity index (χ0v) is 13.7. The number of amides is 1. The molecule has 6 nitrogen and oxygen atoms in total. The number of aliphatic imine (C=N–C) groups is 2. The molecule has 1 aromatic heterocycles. The van der Waals surface area contributed by atoms with Crippen molar-refractivity contribution in [2.75, 3.05) is 6.54 Å². The third-order valence-corrected chi connectivity index (χ3v) is 5.31. The summed E-state index contributed by atoms with van der Waals surface area (Å²) in [5.74, 6) is -0.00462. The van der Waals surface area contributed by atoms with Gasteiger partial charge in [0, 0.05) is 26.0 Å². The second-order valence-corrected chi connectivity index (χ2v) is 6.98. The van der Waals surface area contributed by atoms with Gasteiger partial charge in [-0.25, -0.2) is 0 Å². The van der Waals surface area contributed by atoms with E-state index in [9.17, 15) is 4.79 Å². The Kier molecular flexibility index (Phi) is 3.90. The molecule has 1 N–H and O–H groups in total. The molecular weight excluding hydrogens is 298 g/mol. The van der Waals surface area contributed by atoms with Crippen molar-refractivity contribution >= 4 is 29.1 Å². The Morgan fingerprint density at radius 2 is 2.36 bits per heavy atom. The van der Waals surface area contributed by atoms with E-state index in [0.29, 0.717) is 5.17 Å². The van der Waals surface area contributed by atoms with E-state index >= 15 is 0 Å². The number of thioether (sulfide) groups is 1. The van der Waals surface area contributed by atoms with Crippen LogP contribution < -0.4 is 5.32 Å². The number of nitrogens with zero attached hydrogens (tertiary/aromatic N) is 4. The Bertz CT molecular complexity index is 690. The zero-order chi connectivity index (χ0) is 15.7. The van der Waals surface area contributed by atoms with Gasteiger partial charge in [0.25, 0.3) is 0 Å². The lowest BCUT2D eigenvalue weighted by atomic mass is 9.95. The predicted octanol–water partition coefficient (Wildman–Crippen LogP) is 1.86. The van der Waals surface area contributed by atoms with Gasteiger partial charge in [0.15, 0.2) is 5.17 Å². The number of amidine groups is 1. The van der Waals surface area contributed by atoms with Gasteiger partial charge >= 0.3 is 0 Å². The first-order valence-corrected chi connectivity index (χ1v) is 8.08. The smallest absolute Gasteiger partial charge is 0.246 e. The standard InChI is InChI=1S/C15H19N5OS/c1-10(12-6-9-17-20(12)3)18-14-19-13(21)15(2,22-14)11-4-7-16-8-5-11/h4,6-7,9-10H,5,8H2,1-3H3,(H,18,19,21)/t10-,15?/m0/s1. The first-order chi connectivity index (χ1) is 10.5. The number of nitrogens with one attached hydrogen (secondary N) is 1. The highest BCUT2D eigenvalue weighted by molar-refractivity contribution is 8.16. The Balaban J connectivity index is 1.82. The Morgan fingerprint density at radius 3 is 3.00 bits per heavy atom. The summed E-state index contributed by atoms with van der Waals surface area (Å²) in [5, 5.41) is 7.74. The van der Waals surface area contributed by atoms with Crippen LogP contribution in [0, 0.1) is 0 Å². The summed E-state index contributed by atoms with van der Waals surface area (Å²) in [7, 11) is 1.89. The Labute approximate surface area is 133 Å². The molecule has 3 heterocycles. The molecule has 2 aliphatic rings. The minimum absolute atomic E-state index is 0.00462. The van der Waals surface area contributed by atoms with Crippen molar-refractivity contribution in [3.63, 3.8) is 0 Å². The van der Waals surface area contributed by atoms with E-state index in [-0.39, 0.29) is 11.9 Å². The van der Waals surface area contributed by atoms with Gasteiger partial charge in [0.1, 0.15) is 4.75 Å². The van der Waals surface area contributed by atoms with Crippen LogP contribution in [0.25, 0.3) is 0 Å².